The van der Waals surface area contributed by atoms with Gasteiger partial charge in [-0.1, -0.05) is 24.3 Å². The Hall–Kier alpha value is -1.35. The molecule has 0 N–H and O–H groups in total. The highest BCUT2D eigenvalue weighted by atomic mass is 35.5. The van der Waals surface area contributed by atoms with Crippen molar-refractivity contribution < 1.29 is 0 Å². The molecular weight excluding hydrogens is 258 g/mol. The van der Waals surface area contributed by atoms with E-state index in [1.807, 2.05) is 12.3 Å². The maximum absolute atomic E-state index is 5.88. The molecule has 1 atom stereocenters. The normalized spacial score (nSPS) is 19.8. The summed E-state index contributed by atoms with van der Waals surface area (Å²) in [5.74, 6) is 2.46. The summed E-state index contributed by atoms with van der Waals surface area (Å²) in [6.45, 7) is 2.12. The number of hydrogen-bond acceptors (Lipinski definition) is 3. The number of benzene rings is 1. The molecule has 1 unspecified atom stereocenters. The predicted molar refractivity (Wildman–Crippen MR) is 79.8 cm³/mol. The van der Waals surface area contributed by atoms with Gasteiger partial charge in [-0.3, -0.25) is 0 Å². The molecule has 0 radical (unpaired) electrons. The largest absolute Gasteiger partial charge is 0.354 e. The highest BCUT2D eigenvalue weighted by Crippen LogP contribution is 2.28. The van der Waals surface area contributed by atoms with Crippen LogP contribution in [0.4, 0.5) is 5.82 Å². The van der Waals surface area contributed by atoms with Crippen LogP contribution in [0.25, 0.3) is 10.8 Å². The van der Waals surface area contributed by atoms with Crippen LogP contribution in [0.1, 0.15) is 19.3 Å². The summed E-state index contributed by atoms with van der Waals surface area (Å²) in [6.07, 6.45) is 5.42. The van der Waals surface area contributed by atoms with Crippen LogP contribution < -0.4 is 4.90 Å². The van der Waals surface area contributed by atoms with E-state index in [0.29, 0.717) is 5.92 Å². The Bertz CT molecular complexity index is 551. The van der Waals surface area contributed by atoms with E-state index >= 15 is 0 Å². The lowest BCUT2D eigenvalue weighted by molar-refractivity contribution is 0.404. The van der Waals surface area contributed by atoms with Crippen LogP contribution in [0.2, 0.25) is 0 Å². The van der Waals surface area contributed by atoms with E-state index in [1.165, 1.54) is 18.2 Å². The Morgan fingerprint density at radius 3 is 3.11 bits per heavy atom. The minimum Gasteiger partial charge on any atom is -0.354 e. The van der Waals surface area contributed by atoms with Crippen LogP contribution in [0.3, 0.4) is 0 Å². The van der Waals surface area contributed by atoms with Gasteiger partial charge >= 0.3 is 0 Å². The van der Waals surface area contributed by atoms with Crippen LogP contribution >= 0.6 is 11.6 Å². The molecule has 1 saturated heterocycles. The van der Waals surface area contributed by atoms with Gasteiger partial charge in [-0.05, 0) is 25.2 Å². The van der Waals surface area contributed by atoms with Gasteiger partial charge in [-0.2, -0.15) is 5.10 Å². The Labute approximate surface area is 118 Å². The highest BCUT2D eigenvalue weighted by Gasteiger charge is 2.21. The van der Waals surface area contributed by atoms with Gasteiger partial charge in [0.05, 0.1) is 6.20 Å². The number of piperidine rings is 1. The minimum absolute atomic E-state index is 0.687. The van der Waals surface area contributed by atoms with Crippen molar-refractivity contribution in [2.45, 2.75) is 19.3 Å². The standard InChI is InChI=1S/C15H18ClN3/c16-8-7-12-4-3-9-19(11-12)15-14-6-2-1-5-13(14)10-17-18-15/h1-2,5-6,10,12H,3-4,7-9,11H2. The van der Waals surface area contributed by atoms with Gasteiger partial charge in [0.25, 0.3) is 0 Å². The fraction of sp³-hybridized carbons (Fsp3) is 0.467. The second-order valence-corrected chi connectivity index (χ2v) is 5.57. The molecule has 100 valence electrons. The first-order valence-corrected chi connectivity index (χ1v) is 7.43. The van der Waals surface area contributed by atoms with Crippen molar-refractivity contribution in [1.29, 1.82) is 0 Å². The van der Waals surface area contributed by atoms with Crippen LogP contribution in [-0.2, 0) is 0 Å². The molecular formula is C15H18ClN3. The van der Waals surface area contributed by atoms with Crippen molar-refractivity contribution in [1.82, 2.24) is 10.2 Å². The quantitative estimate of drug-likeness (QED) is 0.803. The zero-order valence-electron chi connectivity index (χ0n) is 10.9. The van der Waals surface area contributed by atoms with Crippen LogP contribution in [0.5, 0.6) is 0 Å². The fourth-order valence-corrected chi connectivity index (χ4v) is 3.20. The highest BCUT2D eigenvalue weighted by molar-refractivity contribution is 6.17. The summed E-state index contributed by atoms with van der Waals surface area (Å²) in [4.78, 5) is 2.37. The third kappa shape index (κ3) is 2.66. The molecule has 0 spiro atoms. The molecule has 1 aromatic heterocycles. The summed E-state index contributed by atoms with van der Waals surface area (Å²) in [6, 6.07) is 8.33. The molecule has 4 heteroatoms. The molecule has 1 aliphatic rings. The zero-order valence-corrected chi connectivity index (χ0v) is 11.7. The maximum atomic E-state index is 5.88. The van der Waals surface area contributed by atoms with E-state index in [4.69, 9.17) is 11.6 Å². The summed E-state index contributed by atoms with van der Waals surface area (Å²) >= 11 is 5.88. The van der Waals surface area contributed by atoms with E-state index in [2.05, 4.69) is 33.3 Å². The molecule has 2 aromatic rings. The van der Waals surface area contributed by atoms with Gasteiger partial charge in [0.1, 0.15) is 0 Å². The Morgan fingerprint density at radius 2 is 2.21 bits per heavy atom. The molecule has 1 fully saturated rings. The average Bonchev–Trinajstić information content (AvgIpc) is 2.47. The van der Waals surface area contributed by atoms with E-state index in [1.54, 1.807) is 0 Å². The molecule has 3 nitrogen and oxygen atoms in total. The Morgan fingerprint density at radius 1 is 1.32 bits per heavy atom. The van der Waals surface area contributed by atoms with Crippen LogP contribution in [0, 0.1) is 5.92 Å². The summed E-state index contributed by atoms with van der Waals surface area (Å²) in [7, 11) is 0. The molecule has 0 amide bonds. The van der Waals surface area contributed by atoms with Crippen LogP contribution in [0.15, 0.2) is 30.5 Å². The first kappa shape index (κ1) is 12.7. The second-order valence-electron chi connectivity index (χ2n) is 5.19. The van der Waals surface area contributed by atoms with Gasteiger partial charge in [-0.25, -0.2) is 0 Å². The second kappa shape index (κ2) is 5.74. The molecule has 2 heterocycles. The topological polar surface area (TPSA) is 29.0 Å². The molecule has 1 aliphatic heterocycles. The summed E-state index contributed by atoms with van der Waals surface area (Å²) in [5, 5.41) is 10.9. The number of anilines is 1. The number of fused-ring (bicyclic) bond motifs is 1. The van der Waals surface area contributed by atoms with Gasteiger partial charge in [0.2, 0.25) is 0 Å². The fourth-order valence-electron chi connectivity index (χ4n) is 2.89. The van der Waals surface area contributed by atoms with Gasteiger partial charge in [-0.15, -0.1) is 16.7 Å². The van der Waals surface area contributed by atoms with Gasteiger partial charge in [0, 0.05) is 29.7 Å². The van der Waals surface area contributed by atoms with Gasteiger partial charge in [0.15, 0.2) is 5.82 Å². The van der Waals surface area contributed by atoms with Crippen molar-refractivity contribution in [3.05, 3.63) is 30.5 Å². The number of aromatic nitrogens is 2. The molecule has 1 aromatic carbocycles. The Kier molecular flexibility index (Phi) is 3.83. The van der Waals surface area contributed by atoms with Crippen LogP contribution in [-0.4, -0.2) is 29.2 Å². The SMILES string of the molecule is ClCCC1CCCN(c2nncc3ccccc23)C1. The lowest BCUT2D eigenvalue weighted by Gasteiger charge is -2.33. The monoisotopic (exact) mass is 275 g/mol. The first-order valence-electron chi connectivity index (χ1n) is 6.90. The van der Waals surface area contributed by atoms with E-state index in [9.17, 15) is 0 Å². The van der Waals surface area contributed by atoms with Crippen molar-refractivity contribution in [2.75, 3.05) is 23.9 Å². The lowest BCUT2D eigenvalue weighted by Crippen LogP contribution is -2.36. The first-order chi connectivity index (χ1) is 9.38. The third-order valence-corrected chi connectivity index (χ3v) is 4.11. The number of rotatable bonds is 3. The summed E-state index contributed by atoms with van der Waals surface area (Å²) < 4.78 is 0. The third-order valence-electron chi connectivity index (χ3n) is 3.89. The predicted octanol–water partition coefficient (Wildman–Crippen LogP) is 3.48. The van der Waals surface area contributed by atoms with Crippen molar-refractivity contribution in [3.63, 3.8) is 0 Å². The van der Waals surface area contributed by atoms with Gasteiger partial charge < -0.3 is 4.90 Å². The molecule has 0 saturated carbocycles. The number of nitrogens with zero attached hydrogens (tertiary/aromatic N) is 3. The molecule has 0 bridgehead atoms. The lowest BCUT2D eigenvalue weighted by atomic mass is 9.95. The zero-order chi connectivity index (χ0) is 13.1. The number of halogens is 1. The average molecular weight is 276 g/mol. The minimum atomic E-state index is 0.687. The van der Waals surface area contributed by atoms with Crippen molar-refractivity contribution in [2.24, 2.45) is 5.92 Å². The van der Waals surface area contributed by atoms with Crippen molar-refractivity contribution in [3.8, 4) is 0 Å². The smallest absolute Gasteiger partial charge is 0.159 e. The molecule has 19 heavy (non-hydrogen) atoms. The van der Waals surface area contributed by atoms with Crippen molar-refractivity contribution >= 4 is 28.2 Å². The molecule has 0 aliphatic carbocycles. The number of hydrogen-bond donors (Lipinski definition) is 0. The summed E-state index contributed by atoms with van der Waals surface area (Å²) in [5.41, 5.74) is 0. The van der Waals surface area contributed by atoms with E-state index < -0.39 is 0 Å². The maximum Gasteiger partial charge on any atom is 0.159 e. The van der Waals surface area contributed by atoms with E-state index in [-0.39, 0.29) is 0 Å². The Balaban J connectivity index is 1.91. The van der Waals surface area contributed by atoms with E-state index in [0.717, 1.165) is 36.6 Å². The molecule has 3 rings (SSSR count). The number of alkyl halides is 1.